The van der Waals surface area contributed by atoms with Crippen molar-refractivity contribution in [3.8, 4) is 5.75 Å². The second-order valence-corrected chi connectivity index (χ2v) is 6.81. The van der Waals surface area contributed by atoms with Crippen LogP contribution in [0.1, 0.15) is 41.3 Å². The Morgan fingerprint density at radius 3 is 2.24 bits per heavy atom. The lowest BCUT2D eigenvalue weighted by Crippen LogP contribution is -2.36. The van der Waals surface area contributed by atoms with E-state index in [1.165, 1.54) is 6.92 Å². The average Bonchev–Trinajstić information content (AvgIpc) is 2.72. The molecule has 6 nitrogen and oxygen atoms in total. The van der Waals surface area contributed by atoms with E-state index in [4.69, 9.17) is 9.47 Å². The van der Waals surface area contributed by atoms with Crippen LogP contribution in [-0.2, 0) is 20.7 Å². The van der Waals surface area contributed by atoms with Crippen LogP contribution >= 0.6 is 0 Å². The van der Waals surface area contributed by atoms with Crippen LogP contribution in [0.15, 0.2) is 48.5 Å². The molecule has 0 bridgehead atoms. The van der Waals surface area contributed by atoms with Crippen molar-refractivity contribution in [2.45, 2.75) is 39.2 Å². The number of carbonyl (C=O) groups excluding carboxylic acids is 3. The number of methoxy groups -OCH3 is 1. The third kappa shape index (κ3) is 7.41. The quantitative estimate of drug-likeness (QED) is 0.492. The van der Waals surface area contributed by atoms with Crippen molar-refractivity contribution in [3.05, 3.63) is 65.2 Å². The van der Waals surface area contributed by atoms with Crippen LogP contribution in [0.5, 0.6) is 5.75 Å². The summed E-state index contributed by atoms with van der Waals surface area (Å²) < 4.78 is 10.2. The number of nitrogens with one attached hydrogen (secondary N) is 1. The summed E-state index contributed by atoms with van der Waals surface area (Å²) in [6, 6.07) is 14.8. The van der Waals surface area contributed by atoms with Crippen LogP contribution in [-0.4, -0.2) is 37.4 Å². The van der Waals surface area contributed by atoms with E-state index in [1.807, 2.05) is 43.3 Å². The molecule has 0 saturated heterocycles. The molecule has 0 aliphatic rings. The van der Waals surface area contributed by atoms with Gasteiger partial charge in [-0.3, -0.25) is 14.4 Å². The SMILES string of the molecule is COc1ccc(CCNC(=O)C(C)OC(=O)CCC(=O)c2ccc(C)cc2)cc1. The summed E-state index contributed by atoms with van der Waals surface area (Å²) >= 11 is 0. The highest BCUT2D eigenvalue weighted by Crippen LogP contribution is 2.11. The van der Waals surface area contributed by atoms with Gasteiger partial charge in [-0.05, 0) is 38.0 Å². The van der Waals surface area contributed by atoms with Gasteiger partial charge in [0.1, 0.15) is 5.75 Å². The highest BCUT2D eigenvalue weighted by molar-refractivity contribution is 5.97. The monoisotopic (exact) mass is 397 g/mol. The van der Waals surface area contributed by atoms with Gasteiger partial charge in [0.2, 0.25) is 0 Å². The van der Waals surface area contributed by atoms with Crippen molar-refractivity contribution < 1.29 is 23.9 Å². The molecule has 6 heteroatoms. The van der Waals surface area contributed by atoms with Gasteiger partial charge in [-0.25, -0.2) is 0 Å². The predicted octanol–water partition coefficient (Wildman–Crippen LogP) is 3.26. The molecule has 2 aromatic rings. The Kier molecular flexibility index (Phi) is 8.40. The number of ether oxygens (including phenoxy) is 2. The molecule has 0 radical (unpaired) electrons. The van der Waals surface area contributed by atoms with E-state index in [2.05, 4.69) is 5.32 Å². The maximum Gasteiger partial charge on any atom is 0.307 e. The number of aryl methyl sites for hydroxylation is 1. The molecular formula is C23H27NO5. The number of esters is 1. The van der Waals surface area contributed by atoms with Gasteiger partial charge in [-0.15, -0.1) is 0 Å². The fraction of sp³-hybridized carbons (Fsp3) is 0.348. The largest absolute Gasteiger partial charge is 0.497 e. The van der Waals surface area contributed by atoms with Gasteiger partial charge in [0, 0.05) is 18.5 Å². The number of benzene rings is 2. The van der Waals surface area contributed by atoms with Crippen LogP contribution in [0.3, 0.4) is 0 Å². The first kappa shape index (κ1) is 22.1. The van der Waals surface area contributed by atoms with Crippen LogP contribution in [0, 0.1) is 6.92 Å². The molecular weight excluding hydrogens is 370 g/mol. The molecule has 2 aromatic carbocycles. The molecule has 1 amide bonds. The van der Waals surface area contributed by atoms with Gasteiger partial charge in [0.15, 0.2) is 11.9 Å². The summed E-state index contributed by atoms with van der Waals surface area (Å²) in [4.78, 5) is 36.1. The smallest absolute Gasteiger partial charge is 0.307 e. The minimum atomic E-state index is -0.909. The molecule has 1 N–H and O–H groups in total. The fourth-order valence-electron chi connectivity index (χ4n) is 2.67. The first-order chi connectivity index (χ1) is 13.9. The summed E-state index contributed by atoms with van der Waals surface area (Å²) in [5.41, 5.74) is 2.69. The summed E-state index contributed by atoms with van der Waals surface area (Å²) in [5, 5.41) is 2.75. The molecule has 0 aliphatic heterocycles. The Labute approximate surface area is 171 Å². The number of ketones is 1. The van der Waals surface area contributed by atoms with Crippen molar-refractivity contribution in [2.75, 3.05) is 13.7 Å². The van der Waals surface area contributed by atoms with E-state index in [0.29, 0.717) is 18.5 Å². The first-order valence-corrected chi connectivity index (χ1v) is 9.59. The topological polar surface area (TPSA) is 81.7 Å². The standard InChI is InChI=1S/C23H27NO5/c1-16-4-8-19(9-5-16)21(25)12-13-22(26)29-17(2)23(27)24-15-14-18-6-10-20(28-3)11-7-18/h4-11,17H,12-15H2,1-3H3,(H,24,27). The average molecular weight is 397 g/mol. The molecule has 1 atom stereocenters. The number of Topliss-reactive ketones (excluding diaryl/α,β-unsaturated/α-hetero) is 1. The van der Waals surface area contributed by atoms with Crippen LogP contribution < -0.4 is 10.1 Å². The van der Waals surface area contributed by atoms with E-state index in [1.54, 1.807) is 19.2 Å². The number of hydrogen-bond donors (Lipinski definition) is 1. The Balaban J connectivity index is 1.68. The van der Waals surface area contributed by atoms with Gasteiger partial charge in [-0.2, -0.15) is 0 Å². The van der Waals surface area contributed by atoms with Crippen LogP contribution in [0.4, 0.5) is 0 Å². The van der Waals surface area contributed by atoms with Gasteiger partial charge < -0.3 is 14.8 Å². The minimum Gasteiger partial charge on any atom is -0.497 e. The number of amides is 1. The van der Waals surface area contributed by atoms with Crippen LogP contribution in [0.25, 0.3) is 0 Å². The molecule has 2 rings (SSSR count). The lowest BCUT2D eigenvalue weighted by molar-refractivity contribution is -0.154. The highest BCUT2D eigenvalue weighted by Gasteiger charge is 2.18. The van der Waals surface area contributed by atoms with E-state index in [0.717, 1.165) is 16.9 Å². The zero-order valence-electron chi connectivity index (χ0n) is 17.1. The van der Waals surface area contributed by atoms with Crippen molar-refractivity contribution in [3.63, 3.8) is 0 Å². The lowest BCUT2D eigenvalue weighted by atomic mass is 10.1. The first-order valence-electron chi connectivity index (χ1n) is 9.59. The molecule has 1 unspecified atom stereocenters. The Morgan fingerprint density at radius 1 is 0.966 bits per heavy atom. The predicted molar refractivity (Wildman–Crippen MR) is 110 cm³/mol. The van der Waals surface area contributed by atoms with E-state index >= 15 is 0 Å². The molecule has 0 fully saturated rings. The molecule has 0 saturated carbocycles. The summed E-state index contributed by atoms with van der Waals surface area (Å²) in [5.74, 6) is -0.280. The molecule has 0 aromatic heterocycles. The number of carbonyl (C=O) groups is 3. The van der Waals surface area contributed by atoms with Crippen molar-refractivity contribution >= 4 is 17.7 Å². The van der Waals surface area contributed by atoms with E-state index in [-0.39, 0.29) is 24.5 Å². The summed E-state index contributed by atoms with van der Waals surface area (Å²) in [6.07, 6.45) is -0.265. The molecule has 154 valence electrons. The summed E-state index contributed by atoms with van der Waals surface area (Å²) in [6.45, 7) is 3.89. The zero-order valence-corrected chi connectivity index (χ0v) is 17.1. The minimum absolute atomic E-state index is 0.0493. The fourth-order valence-corrected chi connectivity index (χ4v) is 2.67. The summed E-state index contributed by atoms with van der Waals surface area (Å²) in [7, 11) is 1.61. The Morgan fingerprint density at radius 2 is 1.62 bits per heavy atom. The van der Waals surface area contributed by atoms with Gasteiger partial charge in [0.05, 0.1) is 13.5 Å². The van der Waals surface area contributed by atoms with E-state index < -0.39 is 12.1 Å². The molecule has 0 aliphatic carbocycles. The third-order valence-electron chi connectivity index (χ3n) is 4.48. The third-order valence-corrected chi connectivity index (χ3v) is 4.48. The maximum absolute atomic E-state index is 12.1. The van der Waals surface area contributed by atoms with Crippen molar-refractivity contribution in [1.29, 1.82) is 0 Å². The number of rotatable bonds is 10. The van der Waals surface area contributed by atoms with Gasteiger partial charge >= 0.3 is 5.97 Å². The molecule has 0 heterocycles. The van der Waals surface area contributed by atoms with Gasteiger partial charge in [0.25, 0.3) is 5.91 Å². The normalized spacial score (nSPS) is 11.4. The Bertz CT molecular complexity index is 827. The second-order valence-electron chi connectivity index (χ2n) is 6.81. The van der Waals surface area contributed by atoms with E-state index in [9.17, 15) is 14.4 Å². The molecule has 0 spiro atoms. The number of hydrogen-bond acceptors (Lipinski definition) is 5. The maximum atomic E-state index is 12.1. The van der Waals surface area contributed by atoms with Crippen molar-refractivity contribution in [2.24, 2.45) is 0 Å². The van der Waals surface area contributed by atoms with Crippen LogP contribution in [0.2, 0.25) is 0 Å². The second kappa shape index (κ2) is 11.0. The van der Waals surface area contributed by atoms with Gasteiger partial charge in [-0.1, -0.05) is 42.0 Å². The lowest BCUT2D eigenvalue weighted by Gasteiger charge is -2.13. The van der Waals surface area contributed by atoms with Crippen molar-refractivity contribution in [1.82, 2.24) is 5.32 Å². The highest BCUT2D eigenvalue weighted by atomic mass is 16.5. The zero-order chi connectivity index (χ0) is 21.2. The Hall–Kier alpha value is -3.15. The molecule has 29 heavy (non-hydrogen) atoms.